The molecule has 4 atom stereocenters. The standard InChI is InChI=1S/C12H24N2O/c1-9-6-13-5-4-12(9)14-7-11(3)15-8-10(14)2/h9-13H,4-8H2,1-3H3. The zero-order valence-electron chi connectivity index (χ0n) is 10.2. The summed E-state index contributed by atoms with van der Waals surface area (Å²) in [6.07, 6.45) is 1.70. The third-order valence-corrected chi connectivity index (χ3v) is 3.82. The zero-order chi connectivity index (χ0) is 10.8. The van der Waals surface area contributed by atoms with Gasteiger partial charge >= 0.3 is 0 Å². The van der Waals surface area contributed by atoms with Crippen LogP contribution in [0.1, 0.15) is 27.2 Å². The van der Waals surface area contributed by atoms with Crippen molar-refractivity contribution in [1.82, 2.24) is 10.2 Å². The Morgan fingerprint density at radius 3 is 2.80 bits per heavy atom. The Labute approximate surface area is 93.2 Å². The summed E-state index contributed by atoms with van der Waals surface area (Å²) < 4.78 is 5.69. The van der Waals surface area contributed by atoms with Gasteiger partial charge < -0.3 is 10.1 Å². The lowest BCUT2D eigenvalue weighted by Gasteiger charge is -2.46. The number of rotatable bonds is 1. The van der Waals surface area contributed by atoms with Crippen molar-refractivity contribution >= 4 is 0 Å². The lowest BCUT2D eigenvalue weighted by molar-refractivity contribution is -0.0778. The van der Waals surface area contributed by atoms with Crippen molar-refractivity contribution in [3.63, 3.8) is 0 Å². The maximum absolute atomic E-state index is 5.69. The fourth-order valence-electron chi connectivity index (χ4n) is 2.88. The van der Waals surface area contributed by atoms with E-state index in [-0.39, 0.29) is 0 Å². The van der Waals surface area contributed by atoms with Crippen LogP contribution in [0.3, 0.4) is 0 Å². The van der Waals surface area contributed by atoms with Crippen LogP contribution in [0.5, 0.6) is 0 Å². The first kappa shape index (κ1) is 11.4. The zero-order valence-corrected chi connectivity index (χ0v) is 10.2. The molecular weight excluding hydrogens is 188 g/mol. The molecule has 2 heterocycles. The predicted molar refractivity (Wildman–Crippen MR) is 62.0 cm³/mol. The first-order chi connectivity index (χ1) is 7.18. The van der Waals surface area contributed by atoms with Gasteiger partial charge in [0.05, 0.1) is 12.7 Å². The van der Waals surface area contributed by atoms with Crippen LogP contribution in [0.4, 0.5) is 0 Å². The van der Waals surface area contributed by atoms with Crippen LogP contribution in [-0.2, 0) is 4.74 Å². The highest BCUT2D eigenvalue weighted by Gasteiger charge is 2.33. The number of piperidine rings is 1. The van der Waals surface area contributed by atoms with Crippen molar-refractivity contribution in [2.45, 2.75) is 45.4 Å². The van der Waals surface area contributed by atoms with Gasteiger partial charge in [0.1, 0.15) is 0 Å². The number of ether oxygens (including phenoxy) is 1. The molecule has 3 nitrogen and oxygen atoms in total. The van der Waals surface area contributed by atoms with E-state index in [0.29, 0.717) is 12.1 Å². The normalized spacial score (nSPS) is 44.2. The molecule has 0 bridgehead atoms. The van der Waals surface area contributed by atoms with E-state index in [9.17, 15) is 0 Å². The van der Waals surface area contributed by atoms with Crippen LogP contribution in [-0.4, -0.2) is 49.3 Å². The molecule has 0 amide bonds. The molecule has 88 valence electrons. The second kappa shape index (κ2) is 4.81. The molecule has 0 aliphatic carbocycles. The molecular formula is C12H24N2O. The summed E-state index contributed by atoms with van der Waals surface area (Å²) in [7, 11) is 0. The summed E-state index contributed by atoms with van der Waals surface area (Å²) in [5.41, 5.74) is 0. The van der Waals surface area contributed by atoms with Gasteiger partial charge in [-0.15, -0.1) is 0 Å². The lowest BCUT2D eigenvalue weighted by Crippen LogP contribution is -2.57. The molecule has 3 heteroatoms. The highest BCUT2D eigenvalue weighted by Crippen LogP contribution is 2.23. The summed E-state index contributed by atoms with van der Waals surface area (Å²) >= 11 is 0. The first-order valence-electron chi connectivity index (χ1n) is 6.26. The summed E-state index contributed by atoms with van der Waals surface area (Å²) in [5, 5.41) is 3.47. The van der Waals surface area contributed by atoms with Gasteiger partial charge in [0.2, 0.25) is 0 Å². The molecule has 2 rings (SSSR count). The van der Waals surface area contributed by atoms with E-state index < -0.39 is 0 Å². The van der Waals surface area contributed by atoms with Gasteiger partial charge in [0, 0.05) is 18.6 Å². The second-order valence-corrected chi connectivity index (χ2v) is 5.23. The Morgan fingerprint density at radius 2 is 2.07 bits per heavy atom. The van der Waals surface area contributed by atoms with E-state index in [4.69, 9.17) is 4.74 Å². The molecule has 2 aliphatic heterocycles. The van der Waals surface area contributed by atoms with Crippen molar-refractivity contribution in [3.05, 3.63) is 0 Å². The van der Waals surface area contributed by atoms with Crippen LogP contribution < -0.4 is 5.32 Å². The van der Waals surface area contributed by atoms with Crippen LogP contribution >= 0.6 is 0 Å². The fraction of sp³-hybridized carbons (Fsp3) is 1.00. The Balaban J connectivity index is 1.99. The minimum atomic E-state index is 0.406. The fourth-order valence-corrected chi connectivity index (χ4v) is 2.88. The van der Waals surface area contributed by atoms with Crippen LogP contribution in [0.25, 0.3) is 0 Å². The molecule has 0 aromatic rings. The average Bonchev–Trinajstić information content (AvgIpc) is 2.23. The van der Waals surface area contributed by atoms with Gasteiger partial charge in [-0.05, 0) is 39.3 Å². The smallest absolute Gasteiger partial charge is 0.0674 e. The van der Waals surface area contributed by atoms with E-state index in [2.05, 4.69) is 31.0 Å². The van der Waals surface area contributed by atoms with Crippen molar-refractivity contribution < 1.29 is 4.74 Å². The lowest BCUT2D eigenvalue weighted by atomic mass is 9.92. The van der Waals surface area contributed by atoms with Crippen LogP contribution in [0, 0.1) is 5.92 Å². The third kappa shape index (κ3) is 2.52. The molecule has 15 heavy (non-hydrogen) atoms. The number of morpholine rings is 1. The summed E-state index contributed by atoms with van der Waals surface area (Å²) in [6, 6.07) is 1.35. The van der Waals surface area contributed by atoms with E-state index in [0.717, 1.165) is 25.1 Å². The largest absolute Gasteiger partial charge is 0.376 e. The van der Waals surface area contributed by atoms with E-state index in [1.54, 1.807) is 0 Å². The van der Waals surface area contributed by atoms with Crippen molar-refractivity contribution in [1.29, 1.82) is 0 Å². The molecule has 4 unspecified atom stereocenters. The topological polar surface area (TPSA) is 24.5 Å². The van der Waals surface area contributed by atoms with Gasteiger partial charge in [0.25, 0.3) is 0 Å². The van der Waals surface area contributed by atoms with Gasteiger partial charge in [0.15, 0.2) is 0 Å². The SMILES string of the molecule is CC1CN(C2CCNCC2C)C(C)CO1. The number of nitrogens with one attached hydrogen (secondary N) is 1. The number of hydrogen-bond acceptors (Lipinski definition) is 3. The minimum absolute atomic E-state index is 0.406. The molecule has 1 N–H and O–H groups in total. The average molecular weight is 212 g/mol. The molecule has 0 radical (unpaired) electrons. The molecule has 2 saturated heterocycles. The highest BCUT2D eigenvalue weighted by molar-refractivity contribution is 4.88. The van der Waals surface area contributed by atoms with Gasteiger partial charge in [-0.3, -0.25) is 4.90 Å². The third-order valence-electron chi connectivity index (χ3n) is 3.82. The monoisotopic (exact) mass is 212 g/mol. The van der Waals surface area contributed by atoms with E-state index >= 15 is 0 Å². The maximum atomic E-state index is 5.69. The van der Waals surface area contributed by atoms with Gasteiger partial charge in [-0.25, -0.2) is 0 Å². The maximum Gasteiger partial charge on any atom is 0.0674 e. The molecule has 2 fully saturated rings. The Bertz CT molecular complexity index is 210. The summed E-state index contributed by atoms with van der Waals surface area (Å²) in [5.74, 6) is 0.770. The van der Waals surface area contributed by atoms with Crippen LogP contribution in [0.15, 0.2) is 0 Å². The molecule has 2 aliphatic rings. The van der Waals surface area contributed by atoms with E-state index in [1.807, 2.05) is 0 Å². The van der Waals surface area contributed by atoms with Gasteiger partial charge in [-0.2, -0.15) is 0 Å². The van der Waals surface area contributed by atoms with Gasteiger partial charge in [-0.1, -0.05) is 6.92 Å². The number of nitrogens with zero attached hydrogens (tertiary/aromatic N) is 1. The van der Waals surface area contributed by atoms with E-state index in [1.165, 1.54) is 19.5 Å². The summed E-state index contributed by atoms with van der Waals surface area (Å²) in [4.78, 5) is 2.67. The van der Waals surface area contributed by atoms with Crippen molar-refractivity contribution in [3.8, 4) is 0 Å². The molecule has 0 saturated carbocycles. The predicted octanol–water partition coefficient (Wildman–Crippen LogP) is 1.09. The van der Waals surface area contributed by atoms with Crippen LogP contribution in [0.2, 0.25) is 0 Å². The molecule has 0 aromatic heterocycles. The molecule has 0 aromatic carbocycles. The Kier molecular flexibility index (Phi) is 3.65. The Hall–Kier alpha value is -0.120. The Morgan fingerprint density at radius 1 is 1.27 bits per heavy atom. The second-order valence-electron chi connectivity index (χ2n) is 5.23. The number of hydrogen-bond donors (Lipinski definition) is 1. The minimum Gasteiger partial charge on any atom is -0.376 e. The van der Waals surface area contributed by atoms with Crippen molar-refractivity contribution in [2.75, 3.05) is 26.2 Å². The summed E-state index contributed by atoms with van der Waals surface area (Å²) in [6.45, 7) is 11.2. The molecule has 0 spiro atoms. The first-order valence-corrected chi connectivity index (χ1v) is 6.26. The van der Waals surface area contributed by atoms with Crippen molar-refractivity contribution in [2.24, 2.45) is 5.92 Å². The quantitative estimate of drug-likeness (QED) is 0.704. The highest BCUT2D eigenvalue weighted by atomic mass is 16.5.